The van der Waals surface area contributed by atoms with E-state index >= 15 is 0 Å². The fourth-order valence-electron chi connectivity index (χ4n) is 2.85. The number of amides is 2. The summed E-state index contributed by atoms with van der Waals surface area (Å²) in [5, 5.41) is 7.05. The summed E-state index contributed by atoms with van der Waals surface area (Å²) in [6, 6.07) is 7.39. The minimum Gasteiger partial charge on any atom is -0.342 e. The molecule has 0 atom stereocenters. The number of anilines is 1. The van der Waals surface area contributed by atoms with Crippen molar-refractivity contribution in [3.05, 3.63) is 70.7 Å². The van der Waals surface area contributed by atoms with Gasteiger partial charge >= 0.3 is 0 Å². The van der Waals surface area contributed by atoms with Crippen molar-refractivity contribution in [2.24, 2.45) is 7.05 Å². The summed E-state index contributed by atoms with van der Waals surface area (Å²) in [6.07, 6.45) is 10.3. The van der Waals surface area contributed by atoms with Crippen molar-refractivity contribution >= 4 is 39.5 Å². The fourth-order valence-corrected chi connectivity index (χ4v) is 3.22. The fraction of sp³-hybridized carbons (Fsp3) is 0.182. The van der Waals surface area contributed by atoms with Crippen molar-refractivity contribution in [2.45, 2.75) is 13.5 Å². The average molecular weight is 468 g/mol. The van der Waals surface area contributed by atoms with Crippen LogP contribution in [0.4, 0.5) is 5.69 Å². The number of nitrogens with zero attached hydrogens (tertiary/aromatic N) is 4. The summed E-state index contributed by atoms with van der Waals surface area (Å²) in [4.78, 5) is 29.7. The molecule has 0 bridgehead atoms. The molecule has 0 aliphatic rings. The van der Waals surface area contributed by atoms with Crippen LogP contribution in [0.1, 0.15) is 18.1 Å². The van der Waals surface area contributed by atoms with Gasteiger partial charge in [0.25, 0.3) is 0 Å². The lowest BCUT2D eigenvalue weighted by molar-refractivity contribution is -0.128. The minimum atomic E-state index is -0.260. The Hall–Kier alpha value is -3.26. The van der Waals surface area contributed by atoms with Crippen LogP contribution >= 0.6 is 15.9 Å². The van der Waals surface area contributed by atoms with Gasteiger partial charge in [0.1, 0.15) is 0 Å². The second-order valence-corrected chi connectivity index (χ2v) is 7.72. The molecule has 2 heterocycles. The number of aryl methyl sites for hydroxylation is 1. The van der Waals surface area contributed by atoms with E-state index in [2.05, 4.69) is 31.3 Å². The molecule has 7 nitrogen and oxygen atoms in total. The largest absolute Gasteiger partial charge is 0.342 e. The van der Waals surface area contributed by atoms with Gasteiger partial charge in [-0.05, 0) is 41.5 Å². The van der Waals surface area contributed by atoms with E-state index < -0.39 is 0 Å². The third-order valence-electron chi connectivity index (χ3n) is 4.54. The summed E-state index contributed by atoms with van der Waals surface area (Å²) in [7, 11) is 3.59. The van der Waals surface area contributed by atoms with Gasteiger partial charge in [-0.2, -0.15) is 5.10 Å². The van der Waals surface area contributed by atoms with Gasteiger partial charge in [0, 0.05) is 73.5 Å². The quantitative estimate of drug-likeness (QED) is 0.557. The number of benzene rings is 1. The number of aromatic nitrogens is 3. The van der Waals surface area contributed by atoms with E-state index in [-0.39, 0.29) is 11.8 Å². The third-order valence-corrected chi connectivity index (χ3v) is 5.31. The SMILES string of the molecule is CC(=O)N(C)Cc1cc(NC(=O)C=Cc2cnccc2-c2cnn(C)c2)ccc1Br. The molecule has 2 amide bonds. The van der Waals surface area contributed by atoms with Crippen LogP contribution in [0.2, 0.25) is 0 Å². The second-order valence-electron chi connectivity index (χ2n) is 6.87. The highest BCUT2D eigenvalue weighted by atomic mass is 79.9. The highest BCUT2D eigenvalue weighted by Gasteiger charge is 2.09. The van der Waals surface area contributed by atoms with Gasteiger partial charge in [0.2, 0.25) is 11.8 Å². The number of hydrogen-bond acceptors (Lipinski definition) is 4. The van der Waals surface area contributed by atoms with Crippen LogP contribution < -0.4 is 5.32 Å². The molecular weight excluding hydrogens is 446 g/mol. The van der Waals surface area contributed by atoms with E-state index in [0.29, 0.717) is 12.2 Å². The van der Waals surface area contributed by atoms with Crippen LogP contribution in [0.5, 0.6) is 0 Å². The van der Waals surface area contributed by atoms with Crippen molar-refractivity contribution in [1.82, 2.24) is 19.7 Å². The van der Waals surface area contributed by atoms with Crippen LogP contribution in [0.25, 0.3) is 17.2 Å². The molecule has 0 unspecified atom stereocenters. The van der Waals surface area contributed by atoms with Crippen LogP contribution in [-0.2, 0) is 23.2 Å². The molecule has 0 aliphatic heterocycles. The Kier molecular flexibility index (Phi) is 6.79. The second kappa shape index (κ2) is 9.49. The van der Waals surface area contributed by atoms with Crippen LogP contribution in [-0.4, -0.2) is 38.5 Å². The maximum Gasteiger partial charge on any atom is 0.248 e. The Balaban J connectivity index is 1.74. The smallest absolute Gasteiger partial charge is 0.248 e. The van der Waals surface area contributed by atoms with Gasteiger partial charge in [-0.1, -0.05) is 15.9 Å². The van der Waals surface area contributed by atoms with E-state index in [1.54, 1.807) is 47.4 Å². The molecular formula is C22H22BrN5O2. The highest BCUT2D eigenvalue weighted by Crippen LogP contribution is 2.24. The number of halogens is 1. The maximum atomic E-state index is 12.5. The molecule has 0 saturated heterocycles. The maximum absolute atomic E-state index is 12.5. The van der Waals surface area contributed by atoms with Gasteiger partial charge in [-0.3, -0.25) is 19.3 Å². The summed E-state index contributed by atoms with van der Waals surface area (Å²) in [5.41, 5.74) is 4.27. The predicted octanol–water partition coefficient (Wildman–Crippen LogP) is 3.87. The molecule has 30 heavy (non-hydrogen) atoms. The Morgan fingerprint density at radius 3 is 2.77 bits per heavy atom. The molecule has 1 aromatic carbocycles. The van der Waals surface area contributed by atoms with Crippen molar-refractivity contribution in [2.75, 3.05) is 12.4 Å². The molecule has 1 N–H and O–H groups in total. The van der Waals surface area contributed by atoms with E-state index in [9.17, 15) is 9.59 Å². The standard InChI is InChI=1S/C22H22BrN5O2/c1-15(29)27(2)13-17-10-19(5-6-21(17)23)26-22(30)7-4-16-11-24-9-8-20(16)18-12-25-28(3)14-18/h4-12,14H,13H2,1-3H3,(H,26,30). The monoisotopic (exact) mass is 467 g/mol. The number of pyridine rings is 1. The molecule has 0 aliphatic carbocycles. The van der Waals surface area contributed by atoms with E-state index in [1.165, 1.54) is 13.0 Å². The van der Waals surface area contributed by atoms with Gasteiger partial charge in [-0.15, -0.1) is 0 Å². The van der Waals surface area contributed by atoms with Crippen molar-refractivity contribution in [3.63, 3.8) is 0 Å². The summed E-state index contributed by atoms with van der Waals surface area (Å²) < 4.78 is 2.60. The molecule has 0 saturated carbocycles. The lowest BCUT2D eigenvalue weighted by Crippen LogP contribution is -2.23. The topological polar surface area (TPSA) is 80.1 Å². The van der Waals surface area contributed by atoms with Crippen LogP contribution in [0.15, 0.2) is 59.6 Å². The minimum absolute atomic E-state index is 0.0276. The van der Waals surface area contributed by atoms with Gasteiger partial charge in [0.15, 0.2) is 0 Å². The zero-order chi connectivity index (χ0) is 21.7. The summed E-state index contributed by atoms with van der Waals surface area (Å²) in [6.45, 7) is 1.96. The van der Waals surface area contributed by atoms with Gasteiger partial charge < -0.3 is 10.2 Å². The van der Waals surface area contributed by atoms with E-state index in [4.69, 9.17) is 0 Å². The first kappa shape index (κ1) is 21.4. The lowest BCUT2D eigenvalue weighted by atomic mass is 10.0. The normalized spacial score (nSPS) is 10.9. The number of hydrogen-bond donors (Lipinski definition) is 1. The third kappa shape index (κ3) is 5.42. The van der Waals surface area contributed by atoms with Gasteiger partial charge in [0.05, 0.1) is 6.20 Å². The van der Waals surface area contributed by atoms with Crippen LogP contribution in [0.3, 0.4) is 0 Å². The van der Waals surface area contributed by atoms with Crippen molar-refractivity contribution in [3.8, 4) is 11.1 Å². The van der Waals surface area contributed by atoms with Crippen molar-refractivity contribution in [1.29, 1.82) is 0 Å². The molecule has 154 valence electrons. The number of rotatable bonds is 6. The number of carbonyl (C=O) groups is 2. The van der Waals surface area contributed by atoms with E-state index in [0.717, 1.165) is 26.7 Å². The first-order valence-electron chi connectivity index (χ1n) is 9.25. The average Bonchev–Trinajstić information content (AvgIpc) is 3.15. The molecule has 0 fully saturated rings. The molecule has 0 radical (unpaired) electrons. The van der Waals surface area contributed by atoms with E-state index in [1.807, 2.05) is 31.4 Å². The first-order chi connectivity index (χ1) is 14.3. The first-order valence-corrected chi connectivity index (χ1v) is 10.0. The Bertz CT molecular complexity index is 1110. The number of carbonyl (C=O) groups excluding carboxylic acids is 2. The molecule has 3 rings (SSSR count). The predicted molar refractivity (Wildman–Crippen MR) is 120 cm³/mol. The summed E-state index contributed by atoms with van der Waals surface area (Å²) >= 11 is 3.49. The Labute approximate surface area is 183 Å². The summed E-state index contributed by atoms with van der Waals surface area (Å²) in [5.74, 6) is -0.288. The number of nitrogens with one attached hydrogen (secondary N) is 1. The molecule has 0 spiro atoms. The zero-order valence-corrected chi connectivity index (χ0v) is 18.5. The zero-order valence-electron chi connectivity index (χ0n) is 17.0. The molecule has 3 aromatic rings. The van der Waals surface area contributed by atoms with Crippen LogP contribution in [0, 0.1) is 0 Å². The van der Waals surface area contributed by atoms with Gasteiger partial charge in [-0.25, -0.2) is 0 Å². The van der Waals surface area contributed by atoms with Crippen molar-refractivity contribution < 1.29 is 9.59 Å². The Morgan fingerprint density at radius 2 is 2.07 bits per heavy atom. The highest BCUT2D eigenvalue weighted by molar-refractivity contribution is 9.10. The lowest BCUT2D eigenvalue weighted by Gasteiger charge is -2.16. The molecule has 2 aromatic heterocycles. The Morgan fingerprint density at radius 1 is 1.27 bits per heavy atom. The molecule has 8 heteroatoms.